The molecule has 0 spiro atoms. The fraction of sp³-hybridized carbons (Fsp3) is 0.350. The van der Waals surface area contributed by atoms with Gasteiger partial charge in [-0.1, -0.05) is 13.3 Å². The van der Waals surface area contributed by atoms with Gasteiger partial charge in [0, 0.05) is 32.3 Å². The summed E-state index contributed by atoms with van der Waals surface area (Å²) in [4.78, 5) is 25.7. The Hall–Kier alpha value is -3.47. The van der Waals surface area contributed by atoms with E-state index in [0.29, 0.717) is 23.2 Å². The summed E-state index contributed by atoms with van der Waals surface area (Å²) in [5, 5.41) is 28.0. The van der Waals surface area contributed by atoms with Gasteiger partial charge in [-0.15, -0.1) is 5.11 Å². The Morgan fingerprint density at radius 2 is 1.89 bits per heavy atom. The Labute approximate surface area is 163 Å². The smallest absolute Gasteiger partial charge is 0.271 e. The Morgan fingerprint density at radius 3 is 2.43 bits per heavy atom. The fourth-order valence-corrected chi connectivity index (χ4v) is 2.66. The van der Waals surface area contributed by atoms with Gasteiger partial charge in [0.25, 0.3) is 11.5 Å². The minimum absolute atomic E-state index is 0.0328. The zero-order valence-electron chi connectivity index (χ0n) is 16.4. The maximum atomic E-state index is 12.3. The van der Waals surface area contributed by atoms with Crippen molar-refractivity contribution in [3.05, 3.63) is 51.3 Å². The van der Waals surface area contributed by atoms with Gasteiger partial charge in [-0.3, -0.25) is 14.2 Å². The molecule has 0 atom stereocenters. The number of carbonyl (C=O) groups is 1. The van der Waals surface area contributed by atoms with E-state index in [1.54, 1.807) is 38.4 Å². The number of rotatable bonds is 6. The van der Waals surface area contributed by atoms with E-state index >= 15 is 0 Å². The van der Waals surface area contributed by atoms with Crippen LogP contribution in [0.1, 0.15) is 41.3 Å². The van der Waals surface area contributed by atoms with Gasteiger partial charge in [-0.2, -0.15) is 10.4 Å². The lowest BCUT2D eigenvalue weighted by atomic mass is 10.0. The molecule has 8 nitrogen and oxygen atoms in total. The number of benzene rings is 1. The number of hydrogen-bond acceptors (Lipinski definition) is 6. The molecule has 0 fully saturated rings. The van der Waals surface area contributed by atoms with E-state index in [2.05, 4.69) is 10.2 Å². The molecule has 0 radical (unpaired) electrons. The molecule has 1 amide bonds. The third-order valence-corrected chi connectivity index (χ3v) is 4.31. The SMILES string of the molecule is CCCCc1c(/N=N/c2ccc(C(=O)N(C)C)cc2)c(O)n(C)c(=O)c1C#N. The lowest BCUT2D eigenvalue weighted by molar-refractivity contribution is 0.0827. The first-order valence-corrected chi connectivity index (χ1v) is 8.90. The van der Waals surface area contributed by atoms with Crippen LogP contribution in [0.2, 0.25) is 0 Å². The minimum Gasteiger partial charge on any atom is -0.493 e. The second-order valence-corrected chi connectivity index (χ2v) is 6.55. The quantitative estimate of drug-likeness (QED) is 0.773. The third kappa shape index (κ3) is 4.26. The summed E-state index contributed by atoms with van der Waals surface area (Å²) in [7, 11) is 4.72. The van der Waals surface area contributed by atoms with E-state index in [1.807, 2.05) is 13.0 Å². The lowest BCUT2D eigenvalue weighted by Crippen LogP contribution is -2.21. The van der Waals surface area contributed by atoms with Crippen molar-refractivity contribution in [2.24, 2.45) is 17.3 Å². The molecule has 0 aliphatic rings. The molecular weight excluding hydrogens is 358 g/mol. The third-order valence-electron chi connectivity index (χ3n) is 4.31. The topological polar surface area (TPSA) is 111 Å². The largest absolute Gasteiger partial charge is 0.493 e. The molecule has 0 bridgehead atoms. The maximum Gasteiger partial charge on any atom is 0.271 e. The highest BCUT2D eigenvalue weighted by molar-refractivity contribution is 5.94. The van der Waals surface area contributed by atoms with Crippen LogP contribution in [-0.4, -0.2) is 34.6 Å². The molecule has 0 aliphatic heterocycles. The molecule has 2 aromatic rings. The molecule has 1 aromatic carbocycles. The van der Waals surface area contributed by atoms with Crippen LogP contribution in [0, 0.1) is 11.3 Å². The predicted molar refractivity (Wildman–Crippen MR) is 105 cm³/mol. The number of hydrogen-bond donors (Lipinski definition) is 1. The molecule has 0 aliphatic carbocycles. The summed E-state index contributed by atoms with van der Waals surface area (Å²) in [6, 6.07) is 8.46. The zero-order valence-corrected chi connectivity index (χ0v) is 16.4. The van der Waals surface area contributed by atoms with Gasteiger partial charge >= 0.3 is 0 Å². The number of nitriles is 1. The molecule has 146 valence electrons. The van der Waals surface area contributed by atoms with Crippen LogP contribution in [0.25, 0.3) is 0 Å². The molecule has 2 rings (SSSR count). The summed E-state index contributed by atoms with van der Waals surface area (Å²) in [5.74, 6) is -0.460. The Kier molecular flexibility index (Phi) is 6.66. The summed E-state index contributed by atoms with van der Waals surface area (Å²) in [6.45, 7) is 1.99. The number of unbranched alkanes of at least 4 members (excludes halogenated alkanes) is 1. The van der Waals surface area contributed by atoms with Crippen LogP contribution in [0.5, 0.6) is 5.88 Å². The highest BCUT2D eigenvalue weighted by Crippen LogP contribution is 2.33. The van der Waals surface area contributed by atoms with Crippen molar-refractivity contribution < 1.29 is 9.90 Å². The predicted octanol–water partition coefficient (Wildman–Crippen LogP) is 3.42. The van der Waals surface area contributed by atoms with Gasteiger partial charge in [-0.05, 0) is 37.1 Å². The highest BCUT2D eigenvalue weighted by Gasteiger charge is 2.20. The monoisotopic (exact) mass is 381 g/mol. The molecule has 0 unspecified atom stereocenters. The second kappa shape index (κ2) is 8.95. The molecule has 1 aromatic heterocycles. The van der Waals surface area contributed by atoms with Gasteiger partial charge < -0.3 is 10.0 Å². The first kappa shape index (κ1) is 20.8. The zero-order chi connectivity index (χ0) is 20.8. The second-order valence-electron chi connectivity index (χ2n) is 6.55. The first-order valence-electron chi connectivity index (χ1n) is 8.90. The van der Waals surface area contributed by atoms with E-state index in [9.17, 15) is 20.0 Å². The van der Waals surface area contributed by atoms with Crippen molar-refractivity contribution in [3.8, 4) is 11.9 Å². The number of pyridine rings is 1. The van der Waals surface area contributed by atoms with Crippen LogP contribution >= 0.6 is 0 Å². The van der Waals surface area contributed by atoms with E-state index in [0.717, 1.165) is 17.4 Å². The number of nitrogens with zero attached hydrogens (tertiary/aromatic N) is 5. The summed E-state index contributed by atoms with van der Waals surface area (Å²) < 4.78 is 0.987. The average molecular weight is 381 g/mol. The lowest BCUT2D eigenvalue weighted by Gasteiger charge is -2.12. The Morgan fingerprint density at radius 1 is 1.25 bits per heavy atom. The molecule has 1 N–H and O–H groups in total. The van der Waals surface area contributed by atoms with Crippen molar-refractivity contribution in [3.63, 3.8) is 0 Å². The van der Waals surface area contributed by atoms with E-state index < -0.39 is 5.56 Å². The minimum atomic E-state index is -0.559. The van der Waals surface area contributed by atoms with Crippen molar-refractivity contribution in [2.75, 3.05) is 14.1 Å². The van der Waals surface area contributed by atoms with Gasteiger partial charge in [-0.25, -0.2) is 0 Å². The number of amides is 1. The molecular formula is C20H23N5O3. The Bertz CT molecular complexity index is 998. The van der Waals surface area contributed by atoms with Crippen LogP contribution in [0.3, 0.4) is 0 Å². The van der Waals surface area contributed by atoms with Gasteiger partial charge in [0.15, 0.2) is 5.69 Å². The summed E-state index contributed by atoms with van der Waals surface area (Å²) in [6.07, 6.45) is 2.04. The first-order chi connectivity index (χ1) is 13.3. The van der Waals surface area contributed by atoms with Gasteiger partial charge in [0.2, 0.25) is 5.88 Å². The van der Waals surface area contributed by atoms with Crippen molar-refractivity contribution >= 4 is 17.3 Å². The summed E-state index contributed by atoms with van der Waals surface area (Å²) in [5.41, 5.74) is 0.910. The van der Waals surface area contributed by atoms with E-state index in [4.69, 9.17) is 0 Å². The van der Waals surface area contributed by atoms with Gasteiger partial charge in [0.05, 0.1) is 5.69 Å². The fourth-order valence-electron chi connectivity index (χ4n) is 2.66. The average Bonchev–Trinajstić information content (AvgIpc) is 2.69. The Balaban J connectivity index is 2.47. The highest BCUT2D eigenvalue weighted by atomic mass is 16.3. The van der Waals surface area contributed by atoms with E-state index in [-0.39, 0.29) is 23.0 Å². The van der Waals surface area contributed by atoms with Crippen LogP contribution < -0.4 is 5.56 Å². The van der Waals surface area contributed by atoms with E-state index in [1.165, 1.54) is 11.9 Å². The molecule has 1 heterocycles. The summed E-state index contributed by atoms with van der Waals surface area (Å²) >= 11 is 0. The van der Waals surface area contributed by atoms with Crippen LogP contribution in [0.4, 0.5) is 11.4 Å². The van der Waals surface area contributed by atoms with Crippen LogP contribution in [-0.2, 0) is 13.5 Å². The molecule has 28 heavy (non-hydrogen) atoms. The number of aromatic nitrogens is 1. The van der Waals surface area contributed by atoms with Crippen LogP contribution in [0.15, 0.2) is 39.3 Å². The van der Waals surface area contributed by atoms with Gasteiger partial charge in [0.1, 0.15) is 11.6 Å². The number of carbonyl (C=O) groups excluding carboxylic acids is 1. The normalized spacial score (nSPS) is 10.8. The number of azo groups is 1. The van der Waals surface area contributed by atoms with Crippen molar-refractivity contribution in [2.45, 2.75) is 26.2 Å². The maximum absolute atomic E-state index is 12.3. The molecule has 0 saturated heterocycles. The van der Waals surface area contributed by atoms with Crippen molar-refractivity contribution in [1.82, 2.24) is 9.47 Å². The van der Waals surface area contributed by atoms with Crippen molar-refractivity contribution in [1.29, 1.82) is 5.26 Å². The molecule has 0 saturated carbocycles. The standard InChI is InChI=1S/C20H23N5O3/c1-5-6-7-15-16(12-21)19(27)25(4)20(28)17(15)23-22-14-10-8-13(9-11-14)18(26)24(2)3/h8-11,28H,5-7H2,1-4H3/b23-22+. The molecule has 8 heteroatoms. The number of aromatic hydroxyl groups is 1.